The molecule has 6 heteroatoms. The molecule has 0 saturated heterocycles. The highest BCUT2D eigenvalue weighted by molar-refractivity contribution is 5.94. The molecule has 2 atom stereocenters. The van der Waals surface area contributed by atoms with E-state index >= 15 is 0 Å². The van der Waals surface area contributed by atoms with E-state index < -0.39 is 6.04 Å². The van der Waals surface area contributed by atoms with E-state index in [9.17, 15) is 4.79 Å². The molecule has 4 aromatic carbocycles. The van der Waals surface area contributed by atoms with Gasteiger partial charge < -0.3 is 24.4 Å². The van der Waals surface area contributed by atoms with Gasteiger partial charge in [-0.15, -0.1) is 0 Å². The van der Waals surface area contributed by atoms with Gasteiger partial charge in [-0.05, 0) is 57.2 Å². The van der Waals surface area contributed by atoms with Gasteiger partial charge in [0.15, 0.2) is 0 Å². The number of rotatable bonds is 9. The molecule has 0 aliphatic carbocycles. The van der Waals surface area contributed by atoms with E-state index in [1.165, 1.54) is 0 Å². The summed E-state index contributed by atoms with van der Waals surface area (Å²) >= 11 is 0. The molecule has 6 nitrogen and oxygen atoms in total. The first-order valence-electron chi connectivity index (χ1n) is 14.3. The van der Waals surface area contributed by atoms with Crippen molar-refractivity contribution in [3.8, 4) is 11.5 Å². The lowest BCUT2D eigenvalue weighted by Crippen LogP contribution is -2.42. The molecule has 0 saturated carbocycles. The summed E-state index contributed by atoms with van der Waals surface area (Å²) in [6, 6.07) is 31.9. The molecule has 0 spiro atoms. The molecule has 0 aromatic heterocycles. The predicted molar refractivity (Wildman–Crippen MR) is 168 cm³/mol. The maximum atomic E-state index is 14.0. The lowest BCUT2D eigenvalue weighted by Gasteiger charge is -2.46. The van der Waals surface area contributed by atoms with Crippen LogP contribution < -0.4 is 19.7 Å². The van der Waals surface area contributed by atoms with Crippen LogP contribution in [0.15, 0.2) is 108 Å². The van der Waals surface area contributed by atoms with Crippen molar-refractivity contribution in [3.63, 3.8) is 0 Å². The molecular formula is C36H38N2O4. The maximum absolute atomic E-state index is 14.0. The first-order valence-corrected chi connectivity index (χ1v) is 14.3. The number of anilines is 2. The molecule has 1 N–H and O–H groups in total. The number of nitrogens with one attached hydrogen (secondary N) is 1. The fourth-order valence-electron chi connectivity index (χ4n) is 5.70. The fourth-order valence-corrected chi connectivity index (χ4v) is 5.70. The molecule has 0 fully saturated rings. The Bertz CT molecular complexity index is 1560. The topological polar surface area (TPSA) is 60.0 Å². The minimum atomic E-state index is -0.528. The van der Waals surface area contributed by atoms with Crippen molar-refractivity contribution in [2.45, 2.75) is 39.3 Å². The van der Waals surface area contributed by atoms with Crippen molar-refractivity contribution < 1.29 is 19.0 Å². The summed E-state index contributed by atoms with van der Waals surface area (Å²) in [5, 5.41) is 3.62. The maximum Gasteiger partial charge on any atom is 0.338 e. The van der Waals surface area contributed by atoms with Crippen LogP contribution in [0.4, 0.5) is 11.4 Å². The van der Waals surface area contributed by atoms with Crippen LogP contribution >= 0.6 is 0 Å². The summed E-state index contributed by atoms with van der Waals surface area (Å²) in [6.07, 6.45) is 0.516. The SMILES string of the molecule is CCOC(=O)C1=C(Nc2ccc(C)cc2)CC(c2ccccc2OC)N(c2ccc(C)cc2)C1c1ccccc1OC. The highest BCUT2D eigenvalue weighted by Crippen LogP contribution is 2.51. The quantitative estimate of drug-likeness (QED) is 0.209. The van der Waals surface area contributed by atoms with E-state index in [1.54, 1.807) is 14.2 Å². The average Bonchev–Trinajstić information content (AvgIpc) is 3.02. The Hall–Kier alpha value is -4.71. The van der Waals surface area contributed by atoms with E-state index in [-0.39, 0.29) is 18.6 Å². The van der Waals surface area contributed by atoms with Gasteiger partial charge in [-0.1, -0.05) is 71.8 Å². The van der Waals surface area contributed by atoms with E-state index in [4.69, 9.17) is 14.2 Å². The van der Waals surface area contributed by atoms with E-state index in [0.29, 0.717) is 17.7 Å². The number of ether oxygens (including phenoxy) is 3. The second-order valence-electron chi connectivity index (χ2n) is 10.5. The number of hydrogen-bond acceptors (Lipinski definition) is 6. The lowest BCUT2D eigenvalue weighted by atomic mass is 9.83. The summed E-state index contributed by atoms with van der Waals surface area (Å²) in [5.41, 5.74) is 7.43. The molecule has 4 aromatic rings. The van der Waals surface area contributed by atoms with Gasteiger partial charge >= 0.3 is 5.97 Å². The number of hydrogen-bond donors (Lipinski definition) is 1. The van der Waals surface area contributed by atoms with Crippen LogP contribution in [0.3, 0.4) is 0 Å². The van der Waals surface area contributed by atoms with Gasteiger partial charge in [0.1, 0.15) is 11.5 Å². The van der Waals surface area contributed by atoms with Crippen LogP contribution in [0.5, 0.6) is 11.5 Å². The first kappa shape index (κ1) is 28.8. The van der Waals surface area contributed by atoms with E-state index in [1.807, 2.05) is 61.5 Å². The summed E-state index contributed by atoms with van der Waals surface area (Å²) in [4.78, 5) is 16.3. The first-order chi connectivity index (χ1) is 20.4. The van der Waals surface area contributed by atoms with Gasteiger partial charge in [0.05, 0.1) is 38.5 Å². The summed E-state index contributed by atoms with van der Waals surface area (Å²) in [5.74, 6) is 1.11. The molecule has 1 heterocycles. The van der Waals surface area contributed by atoms with Gasteiger partial charge in [0.2, 0.25) is 0 Å². The normalized spacial score (nSPS) is 16.6. The van der Waals surface area contributed by atoms with Gasteiger partial charge in [-0.2, -0.15) is 0 Å². The van der Waals surface area contributed by atoms with Crippen molar-refractivity contribution >= 4 is 17.3 Å². The van der Waals surface area contributed by atoms with Crippen LogP contribution in [-0.4, -0.2) is 26.8 Å². The van der Waals surface area contributed by atoms with Gasteiger partial charge in [0.25, 0.3) is 0 Å². The smallest absolute Gasteiger partial charge is 0.338 e. The Morgan fingerprint density at radius 1 is 0.786 bits per heavy atom. The molecule has 1 aliphatic heterocycles. The Morgan fingerprint density at radius 2 is 1.33 bits per heavy atom. The van der Waals surface area contributed by atoms with Crippen LogP contribution in [0.1, 0.15) is 47.7 Å². The van der Waals surface area contributed by atoms with Crippen molar-refractivity contribution in [3.05, 3.63) is 131 Å². The third-order valence-electron chi connectivity index (χ3n) is 7.72. The minimum absolute atomic E-state index is 0.190. The number of carbonyl (C=O) groups is 1. The molecule has 1 aliphatic rings. The Morgan fingerprint density at radius 3 is 1.93 bits per heavy atom. The zero-order valence-electron chi connectivity index (χ0n) is 24.9. The highest BCUT2D eigenvalue weighted by Gasteiger charge is 2.43. The Labute approximate surface area is 248 Å². The van der Waals surface area contributed by atoms with Crippen molar-refractivity contribution in [2.24, 2.45) is 0 Å². The number of esters is 1. The molecule has 0 amide bonds. The fraction of sp³-hybridized carbons (Fsp3) is 0.250. The minimum Gasteiger partial charge on any atom is -0.496 e. The number of aryl methyl sites for hydroxylation is 2. The molecule has 0 radical (unpaired) electrons. The molecule has 2 unspecified atom stereocenters. The number of para-hydroxylation sites is 2. The van der Waals surface area contributed by atoms with Crippen LogP contribution in [-0.2, 0) is 9.53 Å². The largest absolute Gasteiger partial charge is 0.496 e. The molecular weight excluding hydrogens is 524 g/mol. The Balaban J connectivity index is 1.83. The van der Waals surface area contributed by atoms with Gasteiger partial charge in [-0.25, -0.2) is 4.79 Å². The number of benzene rings is 4. The van der Waals surface area contributed by atoms with Crippen molar-refractivity contribution in [1.82, 2.24) is 0 Å². The van der Waals surface area contributed by atoms with Crippen molar-refractivity contribution in [1.29, 1.82) is 0 Å². The Kier molecular flexibility index (Phi) is 8.82. The monoisotopic (exact) mass is 562 g/mol. The van der Waals surface area contributed by atoms with Crippen LogP contribution in [0.25, 0.3) is 0 Å². The van der Waals surface area contributed by atoms with Crippen LogP contribution in [0.2, 0.25) is 0 Å². The molecule has 216 valence electrons. The highest BCUT2D eigenvalue weighted by atomic mass is 16.5. The lowest BCUT2D eigenvalue weighted by molar-refractivity contribution is -0.139. The number of methoxy groups -OCH3 is 2. The third kappa shape index (κ3) is 5.84. The van der Waals surface area contributed by atoms with E-state index in [2.05, 4.69) is 66.5 Å². The molecule has 5 rings (SSSR count). The van der Waals surface area contributed by atoms with Gasteiger partial charge in [0, 0.05) is 34.6 Å². The predicted octanol–water partition coefficient (Wildman–Crippen LogP) is 7.94. The zero-order chi connectivity index (χ0) is 29.6. The zero-order valence-corrected chi connectivity index (χ0v) is 24.9. The third-order valence-corrected chi connectivity index (χ3v) is 7.72. The summed E-state index contributed by atoms with van der Waals surface area (Å²) in [6.45, 7) is 6.23. The van der Waals surface area contributed by atoms with Crippen LogP contribution in [0, 0.1) is 13.8 Å². The summed E-state index contributed by atoms with van der Waals surface area (Å²) < 4.78 is 17.5. The number of nitrogens with zero attached hydrogens (tertiary/aromatic N) is 1. The molecule has 42 heavy (non-hydrogen) atoms. The van der Waals surface area contributed by atoms with Gasteiger partial charge in [-0.3, -0.25) is 0 Å². The number of carbonyl (C=O) groups excluding carboxylic acids is 1. The standard InChI is InChI=1S/C36H38N2O4/c1-6-42-36(39)34-30(37-26-19-15-24(2)16-20-26)23-31(28-11-7-9-13-32(28)40-4)38(27-21-17-25(3)18-22-27)35(34)29-12-8-10-14-33(29)41-5/h7-22,31,35,37H,6,23H2,1-5H3. The average molecular weight is 563 g/mol. The second-order valence-corrected chi connectivity index (χ2v) is 10.5. The van der Waals surface area contributed by atoms with E-state index in [0.717, 1.165) is 45.1 Å². The van der Waals surface area contributed by atoms with Crippen molar-refractivity contribution in [2.75, 3.05) is 31.0 Å². The summed E-state index contributed by atoms with van der Waals surface area (Å²) in [7, 11) is 3.36. The molecule has 0 bridgehead atoms. The second kappa shape index (κ2) is 12.9.